The monoisotopic (exact) mass is 330 g/mol. The standard InChI is InChI=1S/C15H23ClN2O2S/c1-13-4-5-15(12-14(13)2)21(19,20)18-8-3-7-17(9-6-16)10-11-18/h4-5,12H,3,6-11H2,1-2H3. The first-order chi connectivity index (χ1) is 9.95. The maximum atomic E-state index is 12.7. The summed E-state index contributed by atoms with van der Waals surface area (Å²) in [5, 5.41) is 0. The van der Waals surface area contributed by atoms with Crippen LogP contribution in [0.25, 0.3) is 0 Å². The maximum absolute atomic E-state index is 12.7. The Labute approximate surface area is 132 Å². The van der Waals surface area contributed by atoms with Crippen LogP contribution in [0.5, 0.6) is 0 Å². The normalized spacial score (nSPS) is 18.6. The van der Waals surface area contributed by atoms with Crippen LogP contribution in [-0.2, 0) is 10.0 Å². The molecule has 1 aliphatic heterocycles. The Bertz CT molecular complexity index is 589. The van der Waals surface area contributed by atoms with E-state index in [0.717, 1.165) is 37.2 Å². The molecule has 0 radical (unpaired) electrons. The first kappa shape index (κ1) is 16.7. The van der Waals surface area contributed by atoms with E-state index in [9.17, 15) is 8.42 Å². The van der Waals surface area contributed by atoms with Crippen LogP contribution in [-0.4, -0.2) is 56.2 Å². The molecule has 0 aromatic heterocycles. The number of rotatable bonds is 4. The molecular formula is C15H23ClN2O2S. The molecule has 0 spiro atoms. The Morgan fingerprint density at radius 3 is 2.52 bits per heavy atom. The molecule has 2 rings (SSSR count). The van der Waals surface area contributed by atoms with Crippen LogP contribution >= 0.6 is 11.6 Å². The molecule has 21 heavy (non-hydrogen) atoms. The largest absolute Gasteiger partial charge is 0.301 e. The number of alkyl halides is 1. The molecule has 1 fully saturated rings. The van der Waals surface area contributed by atoms with Gasteiger partial charge in [-0.25, -0.2) is 8.42 Å². The van der Waals surface area contributed by atoms with Crippen molar-refractivity contribution >= 4 is 21.6 Å². The van der Waals surface area contributed by atoms with Gasteiger partial charge in [-0.1, -0.05) is 6.07 Å². The highest BCUT2D eigenvalue weighted by Gasteiger charge is 2.26. The molecular weight excluding hydrogens is 308 g/mol. The third-order valence-corrected chi connectivity index (χ3v) is 6.13. The zero-order chi connectivity index (χ0) is 15.5. The van der Waals surface area contributed by atoms with E-state index in [1.165, 1.54) is 0 Å². The first-order valence-corrected chi connectivity index (χ1v) is 9.28. The SMILES string of the molecule is Cc1ccc(S(=O)(=O)N2CCCN(CCCl)CC2)cc1C. The molecule has 0 unspecified atom stereocenters. The maximum Gasteiger partial charge on any atom is 0.243 e. The van der Waals surface area contributed by atoms with Gasteiger partial charge in [0.15, 0.2) is 0 Å². The summed E-state index contributed by atoms with van der Waals surface area (Å²) in [7, 11) is -3.39. The molecule has 0 atom stereocenters. The minimum atomic E-state index is -3.39. The smallest absolute Gasteiger partial charge is 0.243 e. The second-order valence-electron chi connectivity index (χ2n) is 5.53. The van der Waals surface area contributed by atoms with Crippen LogP contribution in [0.2, 0.25) is 0 Å². The van der Waals surface area contributed by atoms with Gasteiger partial charge in [0.1, 0.15) is 0 Å². The Balaban J connectivity index is 2.17. The van der Waals surface area contributed by atoms with E-state index in [2.05, 4.69) is 4.90 Å². The zero-order valence-corrected chi connectivity index (χ0v) is 14.3. The average molecular weight is 331 g/mol. The number of sulfonamides is 1. The molecule has 1 aliphatic rings. The zero-order valence-electron chi connectivity index (χ0n) is 12.7. The molecule has 0 N–H and O–H groups in total. The lowest BCUT2D eigenvalue weighted by Gasteiger charge is -2.21. The number of benzene rings is 1. The Hall–Kier alpha value is -0.620. The lowest BCUT2D eigenvalue weighted by molar-refractivity contribution is 0.303. The third-order valence-electron chi connectivity index (χ3n) is 4.06. The Morgan fingerprint density at radius 2 is 1.86 bits per heavy atom. The summed E-state index contributed by atoms with van der Waals surface area (Å²) in [6.45, 7) is 7.52. The fourth-order valence-electron chi connectivity index (χ4n) is 2.55. The van der Waals surface area contributed by atoms with Crippen LogP contribution < -0.4 is 0 Å². The van der Waals surface area contributed by atoms with Gasteiger partial charge in [-0.15, -0.1) is 11.6 Å². The van der Waals surface area contributed by atoms with Gasteiger partial charge in [0.05, 0.1) is 4.90 Å². The summed E-state index contributed by atoms with van der Waals surface area (Å²) in [5.41, 5.74) is 2.12. The summed E-state index contributed by atoms with van der Waals surface area (Å²) < 4.78 is 27.1. The highest BCUT2D eigenvalue weighted by atomic mass is 35.5. The van der Waals surface area contributed by atoms with Gasteiger partial charge in [-0.05, 0) is 50.1 Å². The van der Waals surface area contributed by atoms with Crippen molar-refractivity contribution in [3.63, 3.8) is 0 Å². The molecule has 4 nitrogen and oxygen atoms in total. The summed E-state index contributed by atoms with van der Waals surface area (Å²) in [5.74, 6) is 0.587. The fourth-order valence-corrected chi connectivity index (χ4v) is 4.35. The van der Waals surface area contributed by atoms with Crippen molar-refractivity contribution in [3.8, 4) is 0 Å². The van der Waals surface area contributed by atoms with E-state index in [1.54, 1.807) is 16.4 Å². The molecule has 0 aliphatic carbocycles. The summed E-state index contributed by atoms with van der Waals surface area (Å²) in [4.78, 5) is 2.62. The van der Waals surface area contributed by atoms with Gasteiger partial charge in [0, 0.05) is 32.1 Å². The molecule has 0 bridgehead atoms. The van der Waals surface area contributed by atoms with Crippen molar-refractivity contribution in [2.45, 2.75) is 25.2 Å². The second-order valence-corrected chi connectivity index (χ2v) is 7.85. The van der Waals surface area contributed by atoms with E-state index in [0.29, 0.717) is 23.9 Å². The minimum Gasteiger partial charge on any atom is -0.301 e. The van der Waals surface area contributed by atoms with Crippen molar-refractivity contribution < 1.29 is 8.42 Å². The van der Waals surface area contributed by atoms with Gasteiger partial charge in [-0.3, -0.25) is 0 Å². The molecule has 0 amide bonds. The van der Waals surface area contributed by atoms with Gasteiger partial charge in [0.2, 0.25) is 10.0 Å². The number of hydrogen-bond donors (Lipinski definition) is 0. The van der Waals surface area contributed by atoms with Gasteiger partial charge < -0.3 is 4.90 Å². The third kappa shape index (κ3) is 3.97. The molecule has 118 valence electrons. The number of nitrogens with zero attached hydrogens (tertiary/aromatic N) is 2. The number of aryl methyl sites for hydroxylation is 2. The summed E-state index contributed by atoms with van der Waals surface area (Å²) in [6, 6.07) is 5.35. The van der Waals surface area contributed by atoms with E-state index < -0.39 is 10.0 Å². The van der Waals surface area contributed by atoms with Crippen LogP contribution in [0.4, 0.5) is 0 Å². The van der Waals surface area contributed by atoms with Gasteiger partial charge >= 0.3 is 0 Å². The molecule has 1 saturated heterocycles. The van der Waals surface area contributed by atoms with Crippen LogP contribution in [0.1, 0.15) is 17.5 Å². The molecule has 1 heterocycles. The average Bonchev–Trinajstić information content (AvgIpc) is 2.68. The van der Waals surface area contributed by atoms with Crippen molar-refractivity contribution in [1.29, 1.82) is 0 Å². The van der Waals surface area contributed by atoms with Crippen LogP contribution in [0.15, 0.2) is 23.1 Å². The summed E-state index contributed by atoms with van der Waals surface area (Å²) in [6.07, 6.45) is 0.848. The summed E-state index contributed by atoms with van der Waals surface area (Å²) >= 11 is 5.77. The first-order valence-electron chi connectivity index (χ1n) is 7.31. The predicted molar refractivity (Wildman–Crippen MR) is 86.5 cm³/mol. The quantitative estimate of drug-likeness (QED) is 0.795. The van der Waals surface area contributed by atoms with E-state index in [-0.39, 0.29) is 0 Å². The van der Waals surface area contributed by atoms with Gasteiger partial charge in [-0.2, -0.15) is 4.31 Å². The van der Waals surface area contributed by atoms with Gasteiger partial charge in [0.25, 0.3) is 0 Å². The molecule has 0 saturated carbocycles. The Morgan fingerprint density at radius 1 is 1.10 bits per heavy atom. The highest BCUT2D eigenvalue weighted by Crippen LogP contribution is 2.20. The van der Waals surface area contributed by atoms with Crippen molar-refractivity contribution in [2.75, 3.05) is 38.6 Å². The van der Waals surface area contributed by atoms with E-state index in [1.807, 2.05) is 19.9 Å². The van der Waals surface area contributed by atoms with Crippen molar-refractivity contribution in [3.05, 3.63) is 29.3 Å². The molecule has 1 aromatic carbocycles. The Kier molecular flexibility index (Phi) is 5.66. The number of hydrogen-bond acceptors (Lipinski definition) is 3. The molecule has 6 heteroatoms. The lowest BCUT2D eigenvalue weighted by atomic mass is 10.1. The minimum absolute atomic E-state index is 0.399. The van der Waals surface area contributed by atoms with E-state index in [4.69, 9.17) is 11.6 Å². The predicted octanol–water partition coefficient (Wildman–Crippen LogP) is 2.24. The lowest BCUT2D eigenvalue weighted by Crippen LogP contribution is -2.35. The fraction of sp³-hybridized carbons (Fsp3) is 0.600. The van der Waals surface area contributed by atoms with Crippen molar-refractivity contribution in [2.24, 2.45) is 0 Å². The van der Waals surface area contributed by atoms with Crippen LogP contribution in [0, 0.1) is 13.8 Å². The molecule has 1 aromatic rings. The topological polar surface area (TPSA) is 40.6 Å². The van der Waals surface area contributed by atoms with Crippen LogP contribution in [0.3, 0.4) is 0 Å². The highest BCUT2D eigenvalue weighted by molar-refractivity contribution is 7.89. The van der Waals surface area contributed by atoms with E-state index >= 15 is 0 Å². The van der Waals surface area contributed by atoms with Crippen molar-refractivity contribution in [1.82, 2.24) is 9.21 Å². The second kappa shape index (κ2) is 7.09. The number of halogens is 1.